The van der Waals surface area contributed by atoms with Crippen LogP contribution in [0.2, 0.25) is 0 Å². The van der Waals surface area contributed by atoms with Gasteiger partial charge in [-0.25, -0.2) is 0 Å². The molecule has 1 aromatic carbocycles. The SMILES string of the molecule is COc1ccc(C(C)C)cc1CN(C)CCCN. The fraction of sp³-hybridized carbons (Fsp3) is 0.600. The molecule has 3 heteroatoms. The van der Waals surface area contributed by atoms with Crippen LogP contribution in [0.3, 0.4) is 0 Å². The van der Waals surface area contributed by atoms with Crippen molar-refractivity contribution < 1.29 is 4.74 Å². The van der Waals surface area contributed by atoms with Gasteiger partial charge in [0.1, 0.15) is 5.75 Å². The van der Waals surface area contributed by atoms with Crippen LogP contribution in [0.15, 0.2) is 18.2 Å². The van der Waals surface area contributed by atoms with Gasteiger partial charge in [0.2, 0.25) is 0 Å². The van der Waals surface area contributed by atoms with Gasteiger partial charge in [-0.15, -0.1) is 0 Å². The van der Waals surface area contributed by atoms with E-state index in [0.29, 0.717) is 5.92 Å². The third-order valence-electron chi connectivity index (χ3n) is 3.16. The molecule has 1 rings (SSSR count). The monoisotopic (exact) mass is 250 g/mol. The summed E-state index contributed by atoms with van der Waals surface area (Å²) in [6, 6.07) is 6.47. The van der Waals surface area contributed by atoms with Crippen molar-refractivity contribution in [2.24, 2.45) is 5.73 Å². The number of methoxy groups -OCH3 is 1. The molecule has 0 radical (unpaired) electrons. The molecule has 0 aliphatic carbocycles. The number of nitrogens with zero attached hydrogens (tertiary/aromatic N) is 1. The highest BCUT2D eigenvalue weighted by atomic mass is 16.5. The van der Waals surface area contributed by atoms with E-state index < -0.39 is 0 Å². The van der Waals surface area contributed by atoms with Gasteiger partial charge < -0.3 is 15.4 Å². The van der Waals surface area contributed by atoms with E-state index in [4.69, 9.17) is 10.5 Å². The number of nitrogens with two attached hydrogens (primary N) is 1. The van der Waals surface area contributed by atoms with Crippen molar-refractivity contribution in [1.29, 1.82) is 0 Å². The molecule has 0 saturated heterocycles. The minimum Gasteiger partial charge on any atom is -0.496 e. The summed E-state index contributed by atoms with van der Waals surface area (Å²) in [7, 11) is 3.85. The molecule has 0 atom stereocenters. The predicted molar refractivity (Wildman–Crippen MR) is 77.1 cm³/mol. The van der Waals surface area contributed by atoms with Crippen LogP contribution in [-0.4, -0.2) is 32.1 Å². The fourth-order valence-corrected chi connectivity index (χ4v) is 2.01. The van der Waals surface area contributed by atoms with E-state index in [0.717, 1.165) is 31.8 Å². The number of ether oxygens (including phenoxy) is 1. The summed E-state index contributed by atoms with van der Waals surface area (Å²) in [5.41, 5.74) is 8.15. The molecule has 0 spiro atoms. The van der Waals surface area contributed by atoms with Crippen LogP contribution < -0.4 is 10.5 Å². The van der Waals surface area contributed by atoms with Crippen LogP contribution >= 0.6 is 0 Å². The van der Waals surface area contributed by atoms with E-state index in [1.165, 1.54) is 11.1 Å². The lowest BCUT2D eigenvalue weighted by molar-refractivity contribution is 0.315. The van der Waals surface area contributed by atoms with Crippen LogP contribution in [0.25, 0.3) is 0 Å². The quantitative estimate of drug-likeness (QED) is 0.808. The minimum absolute atomic E-state index is 0.545. The van der Waals surface area contributed by atoms with Gasteiger partial charge in [0.05, 0.1) is 7.11 Å². The molecule has 1 aromatic rings. The van der Waals surface area contributed by atoms with Crippen molar-refractivity contribution in [2.45, 2.75) is 32.7 Å². The average molecular weight is 250 g/mol. The predicted octanol–water partition coefficient (Wildman–Crippen LogP) is 2.60. The van der Waals surface area contributed by atoms with Crippen molar-refractivity contribution in [1.82, 2.24) is 4.90 Å². The van der Waals surface area contributed by atoms with Gasteiger partial charge >= 0.3 is 0 Å². The Balaban J connectivity index is 2.80. The second kappa shape index (κ2) is 7.39. The first-order valence-electron chi connectivity index (χ1n) is 6.64. The molecular formula is C15H26N2O. The molecule has 102 valence electrons. The van der Waals surface area contributed by atoms with Crippen molar-refractivity contribution in [3.8, 4) is 5.75 Å². The molecule has 0 bridgehead atoms. The Bertz CT molecular complexity index is 364. The highest BCUT2D eigenvalue weighted by molar-refractivity contribution is 5.38. The van der Waals surface area contributed by atoms with Gasteiger partial charge in [0.25, 0.3) is 0 Å². The Hall–Kier alpha value is -1.06. The number of hydrogen-bond donors (Lipinski definition) is 1. The smallest absolute Gasteiger partial charge is 0.123 e. The Morgan fingerprint density at radius 1 is 1.33 bits per heavy atom. The van der Waals surface area contributed by atoms with Crippen LogP contribution in [0.5, 0.6) is 5.75 Å². The van der Waals surface area contributed by atoms with Gasteiger partial charge in [-0.3, -0.25) is 0 Å². The molecule has 3 nitrogen and oxygen atoms in total. The van der Waals surface area contributed by atoms with Crippen LogP contribution in [0, 0.1) is 0 Å². The minimum atomic E-state index is 0.545. The lowest BCUT2D eigenvalue weighted by atomic mass is 10.00. The summed E-state index contributed by atoms with van der Waals surface area (Å²) in [5.74, 6) is 1.52. The first kappa shape index (κ1) is 15.0. The molecule has 0 aliphatic rings. The second-order valence-electron chi connectivity index (χ2n) is 5.11. The van der Waals surface area contributed by atoms with E-state index >= 15 is 0 Å². The molecule has 2 N–H and O–H groups in total. The first-order valence-corrected chi connectivity index (χ1v) is 6.64. The van der Waals surface area contributed by atoms with Crippen LogP contribution in [-0.2, 0) is 6.54 Å². The summed E-state index contributed by atoms with van der Waals surface area (Å²) in [5, 5.41) is 0. The van der Waals surface area contributed by atoms with Gasteiger partial charge in [0.15, 0.2) is 0 Å². The Morgan fingerprint density at radius 3 is 2.61 bits per heavy atom. The molecule has 18 heavy (non-hydrogen) atoms. The van der Waals surface area contributed by atoms with Crippen molar-refractivity contribution in [3.05, 3.63) is 29.3 Å². The summed E-state index contributed by atoms with van der Waals surface area (Å²) < 4.78 is 5.43. The first-order chi connectivity index (χ1) is 8.58. The third-order valence-corrected chi connectivity index (χ3v) is 3.16. The van der Waals surface area contributed by atoms with Gasteiger partial charge in [-0.05, 0) is 44.1 Å². The average Bonchev–Trinajstić information content (AvgIpc) is 2.36. The molecule has 0 saturated carbocycles. The van der Waals surface area contributed by atoms with Crippen molar-refractivity contribution in [2.75, 3.05) is 27.2 Å². The lowest BCUT2D eigenvalue weighted by Crippen LogP contribution is -2.21. The highest BCUT2D eigenvalue weighted by Crippen LogP contribution is 2.25. The zero-order chi connectivity index (χ0) is 13.5. The van der Waals surface area contributed by atoms with Crippen LogP contribution in [0.1, 0.15) is 37.3 Å². The molecular weight excluding hydrogens is 224 g/mol. The van der Waals surface area contributed by atoms with Gasteiger partial charge in [0, 0.05) is 12.1 Å². The second-order valence-corrected chi connectivity index (χ2v) is 5.11. The van der Waals surface area contributed by atoms with Gasteiger partial charge in [-0.1, -0.05) is 26.0 Å². The maximum atomic E-state index is 5.54. The topological polar surface area (TPSA) is 38.5 Å². The molecule has 0 aromatic heterocycles. The van der Waals surface area contributed by atoms with E-state index in [2.05, 4.69) is 44.0 Å². The Kier molecular flexibility index (Phi) is 6.16. The normalized spacial score (nSPS) is 11.3. The van der Waals surface area contributed by atoms with Crippen LogP contribution in [0.4, 0.5) is 0 Å². The Morgan fingerprint density at radius 2 is 2.06 bits per heavy atom. The molecule has 0 fully saturated rings. The summed E-state index contributed by atoms with van der Waals surface area (Å²) in [6.07, 6.45) is 1.03. The van der Waals surface area contributed by atoms with E-state index in [-0.39, 0.29) is 0 Å². The lowest BCUT2D eigenvalue weighted by Gasteiger charge is -2.19. The number of benzene rings is 1. The Labute approximate surface area is 111 Å². The molecule has 0 heterocycles. The zero-order valence-corrected chi connectivity index (χ0v) is 12.1. The maximum Gasteiger partial charge on any atom is 0.123 e. The summed E-state index contributed by atoms with van der Waals surface area (Å²) in [4.78, 5) is 2.29. The van der Waals surface area contributed by atoms with Crippen molar-refractivity contribution in [3.63, 3.8) is 0 Å². The zero-order valence-electron chi connectivity index (χ0n) is 12.1. The summed E-state index contributed by atoms with van der Waals surface area (Å²) in [6.45, 7) is 7.09. The maximum absolute atomic E-state index is 5.54. The number of rotatable bonds is 7. The largest absolute Gasteiger partial charge is 0.496 e. The van der Waals surface area contributed by atoms with E-state index in [9.17, 15) is 0 Å². The van der Waals surface area contributed by atoms with Gasteiger partial charge in [-0.2, -0.15) is 0 Å². The molecule has 0 amide bonds. The molecule has 0 aliphatic heterocycles. The molecule has 0 unspecified atom stereocenters. The standard InChI is InChI=1S/C15H26N2O/c1-12(2)13-6-7-15(18-4)14(10-13)11-17(3)9-5-8-16/h6-7,10,12H,5,8-9,11,16H2,1-4H3. The number of hydrogen-bond acceptors (Lipinski definition) is 3. The summed E-state index contributed by atoms with van der Waals surface area (Å²) >= 11 is 0. The van der Waals surface area contributed by atoms with E-state index in [1.807, 2.05) is 0 Å². The third kappa shape index (κ3) is 4.31. The highest BCUT2D eigenvalue weighted by Gasteiger charge is 2.09. The fourth-order valence-electron chi connectivity index (χ4n) is 2.01. The van der Waals surface area contributed by atoms with Crippen molar-refractivity contribution >= 4 is 0 Å². The van der Waals surface area contributed by atoms with E-state index in [1.54, 1.807) is 7.11 Å².